The predicted molar refractivity (Wildman–Crippen MR) is 71.8 cm³/mol. The second-order valence-corrected chi connectivity index (χ2v) is 4.25. The smallest absolute Gasteiger partial charge is 0.251 e. The van der Waals surface area contributed by atoms with Crippen LogP contribution in [-0.2, 0) is 4.79 Å². The molecule has 1 rings (SSSR count). The molecule has 1 aliphatic rings. The Labute approximate surface area is 119 Å². The summed E-state index contributed by atoms with van der Waals surface area (Å²) in [6.07, 6.45) is -1.97. The predicted octanol–water partition coefficient (Wildman–Crippen LogP) is 0.977. The number of nitrogens with zero attached hydrogens (tertiary/aromatic N) is 2. The number of carbonyl (C=O) groups excluding carboxylic acids is 1. The summed E-state index contributed by atoms with van der Waals surface area (Å²) in [6.45, 7) is 3.68. The second-order valence-electron chi connectivity index (χ2n) is 4.25. The fourth-order valence-electron chi connectivity index (χ4n) is 1.78. The molecule has 0 bridgehead atoms. The van der Waals surface area contributed by atoms with Crippen molar-refractivity contribution in [2.45, 2.75) is 25.8 Å². The molecule has 1 saturated heterocycles. The fourth-order valence-corrected chi connectivity index (χ4v) is 1.78. The molecule has 0 spiro atoms. The van der Waals surface area contributed by atoms with Crippen LogP contribution in [0.1, 0.15) is 13.3 Å². The van der Waals surface area contributed by atoms with Crippen molar-refractivity contribution in [1.29, 1.82) is 0 Å². The Morgan fingerprint density at radius 2 is 1.72 bits per heavy atom. The van der Waals surface area contributed by atoms with Crippen molar-refractivity contribution in [3.63, 3.8) is 0 Å². The molecule has 4 nitrogen and oxygen atoms in total. The van der Waals surface area contributed by atoms with E-state index in [9.17, 15) is 13.6 Å². The number of alkyl halides is 2. The molecular weight excluding hydrogens is 287 g/mol. The molecule has 1 atom stereocenters. The maximum atomic E-state index is 12.1. The molecule has 1 amide bonds. The van der Waals surface area contributed by atoms with Crippen LogP contribution in [0.4, 0.5) is 8.78 Å². The Kier molecular flexibility index (Phi) is 10.9. The Morgan fingerprint density at radius 3 is 2.11 bits per heavy atom. The number of nitrogens with two attached hydrogens (primary N) is 1. The van der Waals surface area contributed by atoms with Gasteiger partial charge in [0.25, 0.3) is 6.43 Å². The monoisotopic (exact) mass is 307 g/mol. The van der Waals surface area contributed by atoms with Gasteiger partial charge < -0.3 is 10.6 Å². The SMILES string of the molecule is CC(N)CC(=O)N1CCN(CC(F)F)CC1.Cl.Cl. The van der Waals surface area contributed by atoms with E-state index in [1.807, 2.05) is 0 Å². The molecule has 18 heavy (non-hydrogen) atoms. The summed E-state index contributed by atoms with van der Waals surface area (Å²) < 4.78 is 24.2. The third kappa shape index (κ3) is 7.31. The summed E-state index contributed by atoms with van der Waals surface area (Å²) in [4.78, 5) is 15.0. The fraction of sp³-hybridized carbons (Fsp3) is 0.900. The molecule has 8 heteroatoms. The minimum Gasteiger partial charge on any atom is -0.340 e. The zero-order valence-electron chi connectivity index (χ0n) is 10.3. The van der Waals surface area contributed by atoms with Crippen LogP contribution >= 0.6 is 24.8 Å². The van der Waals surface area contributed by atoms with Crippen molar-refractivity contribution >= 4 is 30.7 Å². The Bertz CT molecular complexity index is 237. The molecule has 1 unspecified atom stereocenters. The van der Waals surface area contributed by atoms with Crippen molar-refractivity contribution in [3.05, 3.63) is 0 Å². The molecule has 2 N–H and O–H groups in total. The lowest BCUT2D eigenvalue weighted by Crippen LogP contribution is -2.50. The second kappa shape index (κ2) is 9.72. The first-order chi connectivity index (χ1) is 7.49. The number of hydrogen-bond acceptors (Lipinski definition) is 3. The molecule has 1 aliphatic heterocycles. The maximum absolute atomic E-state index is 12.1. The highest BCUT2D eigenvalue weighted by Gasteiger charge is 2.22. The van der Waals surface area contributed by atoms with Crippen LogP contribution < -0.4 is 5.73 Å². The standard InChI is InChI=1S/C10H19F2N3O.2ClH/c1-8(13)6-10(16)15-4-2-14(3-5-15)7-9(11)12;;/h8-9H,2-7,13H2,1H3;2*1H. The van der Waals surface area contributed by atoms with Gasteiger partial charge in [-0.3, -0.25) is 9.69 Å². The largest absolute Gasteiger partial charge is 0.340 e. The van der Waals surface area contributed by atoms with E-state index in [-0.39, 0.29) is 43.3 Å². The van der Waals surface area contributed by atoms with Gasteiger partial charge in [0.1, 0.15) is 0 Å². The minimum absolute atomic E-state index is 0. The number of piperazine rings is 1. The lowest BCUT2D eigenvalue weighted by atomic mass is 10.2. The summed E-state index contributed by atoms with van der Waals surface area (Å²) in [5.41, 5.74) is 5.54. The van der Waals surface area contributed by atoms with E-state index in [0.29, 0.717) is 32.6 Å². The van der Waals surface area contributed by atoms with Gasteiger partial charge in [0.05, 0.1) is 6.54 Å². The van der Waals surface area contributed by atoms with E-state index in [1.54, 1.807) is 16.7 Å². The zero-order chi connectivity index (χ0) is 12.1. The van der Waals surface area contributed by atoms with Gasteiger partial charge in [-0.1, -0.05) is 0 Å². The summed E-state index contributed by atoms with van der Waals surface area (Å²) in [5, 5.41) is 0. The molecule has 0 aliphatic carbocycles. The van der Waals surface area contributed by atoms with E-state index in [0.717, 1.165) is 0 Å². The number of rotatable bonds is 4. The molecule has 110 valence electrons. The van der Waals surface area contributed by atoms with Gasteiger partial charge >= 0.3 is 0 Å². The minimum atomic E-state index is -2.30. The molecule has 1 heterocycles. The van der Waals surface area contributed by atoms with Crippen LogP contribution in [0.2, 0.25) is 0 Å². The molecule has 0 aromatic rings. The maximum Gasteiger partial charge on any atom is 0.251 e. The van der Waals surface area contributed by atoms with Gasteiger partial charge in [0.2, 0.25) is 5.91 Å². The van der Waals surface area contributed by atoms with Crippen molar-refractivity contribution in [1.82, 2.24) is 9.80 Å². The number of halogens is 4. The van der Waals surface area contributed by atoms with E-state index in [1.165, 1.54) is 0 Å². The van der Waals surface area contributed by atoms with Crippen molar-refractivity contribution in [2.24, 2.45) is 5.73 Å². The van der Waals surface area contributed by atoms with E-state index >= 15 is 0 Å². The highest BCUT2D eigenvalue weighted by Crippen LogP contribution is 2.06. The molecular formula is C10H21Cl2F2N3O. The lowest BCUT2D eigenvalue weighted by Gasteiger charge is -2.34. The van der Waals surface area contributed by atoms with Gasteiger partial charge in [0, 0.05) is 38.6 Å². The topological polar surface area (TPSA) is 49.6 Å². The third-order valence-corrected chi connectivity index (χ3v) is 2.62. The molecule has 0 radical (unpaired) electrons. The lowest BCUT2D eigenvalue weighted by molar-refractivity contribution is -0.133. The average Bonchev–Trinajstić information content (AvgIpc) is 2.16. The highest BCUT2D eigenvalue weighted by atomic mass is 35.5. The van der Waals surface area contributed by atoms with Gasteiger partial charge in [-0.05, 0) is 6.92 Å². The van der Waals surface area contributed by atoms with Gasteiger partial charge in [-0.25, -0.2) is 8.78 Å². The first-order valence-electron chi connectivity index (χ1n) is 5.53. The van der Waals surface area contributed by atoms with Gasteiger partial charge in [0.15, 0.2) is 0 Å². The molecule has 0 aromatic carbocycles. The Hall–Kier alpha value is -0.170. The summed E-state index contributed by atoms with van der Waals surface area (Å²) in [6, 6.07) is -0.147. The summed E-state index contributed by atoms with van der Waals surface area (Å²) in [7, 11) is 0. The summed E-state index contributed by atoms with van der Waals surface area (Å²) >= 11 is 0. The summed E-state index contributed by atoms with van der Waals surface area (Å²) in [5.74, 6) is 0.0201. The van der Waals surface area contributed by atoms with E-state index < -0.39 is 6.43 Å². The third-order valence-electron chi connectivity index (χ3n) is 2.62. The van der Waals surface area contributed by atoms with E-state index in [4.69, 9.17) is 5.73 Å². The van der Waals surface area contributed by atoms with Crippen LogP contribution in [-0.4, -0.2) is 60.9 Å². The highest BCUT2D eigenvalue weighted by molar-refractivity contribution is 5.85. The van der Waals surface area contributed by atoms with Crippen molar-refractivity contribution in [3.8, 4) is 0 Å². The number of carbonyl (C=O) groups is 1. The molecule has 1 fully saturated rings. The average molecular weight is 308 g/mol. The van der Waals surface area contributed by atoms with Crippen LogP contribution in [0.15, 0.2) is 0 Å². The van der Waals surface area contributed by atoms with E-state index in [2.05, 4.69) is 0 Å². The normalized spacial score (nSPS) is 17.9. The number of amides is 1. The van der Waals surface area contributed by atoms with Crippen molar-refractivity contribution in [2.75, 3.05) is 32.7 Å². The van der Waals surface area contributed by atoms with Crippen LogP contribution in [0.3, 0.4) is 0 Å². The van der Waals surface area contributed by atoms with Crippen LogP contribution in [0.5, 0.6) is 0 Å². The quantitative estimate of drug-likeness (QED) is 0.842. The Morgan fingerprint density at radius 1 is 1.22 bits per heavy atom. The molecule has 0 aromatic heterocycles. The number of hydrogen-bond donors (Lipinski definition) is 1. The Balaban J connectivity index is 0. The first kappa shape index (κ1) is 20.2. The van der Waals surface area contributed by atoms with Crippen molar-refractivity contribution < 1.29 is 13.6 Å². The van der Waals surface area contributed by atoms with Gasteiger partial charge in [-0.15, -0.1) is 24.8 Å². The van der Waals surface area contributed by atoms with Crippen LogP contribution in [0, 0.1) is 0 Å². The van der Waals surface area contributed by atoms with Gasteiger partial charge in [-0.2, -0.15) is 0 Å². The zero-order valence-corrected chi connectivity index (χ0v) is 12.0. The molecule has 0 saturated carbocycles. The first-order valence-corrected chi connectivity index (χ1v) is 5.53. The van der Waals surface area contributed by atoms with Crippen LogP contribution in [0.25, 0.3) is 0 Å².